The Kier molecular flexibility index (Phi) is 6.36. The number of nitrogens with zero attached hydrogens (tertiary/aromatic N) is 2. The van der Waals surface area contributed by atoms with Gasteiger partial charge in [0.25, 0.3) is 0 Å². The van der Waals surface area contributed by atoms with Crippen LogP contribution in [-0.4, -0.2) is 18.2 Å². The summed E-state index contributed by atoms with van der Waals surface area (Å²) in [6, 6.07) is 17.8. The van der Waals surface area contributed by atoms with Crippen LogP contribution in [0.3, 0.4) is 0 Å². The molecule has 0 aliphatic rings. The number of aromatic nitrogens is 1. The van der Waals surface area contributed by atoms with Crippen LogP contribution in [-0.2, 0) is 0 Å². The fourth-order valence-corrected chi connectivity index (χ4v) is 3.08. The molecule has 0 fully saturated rings. The van der Waals surface area contributed by atoms with Gasteiger partial charge in [-0.2, -0.15) is 5.26 Å². The Labute approximate surface area is 171 Å². The predicted molar refractivity (Wildman–Crippen MR) is 116 cm³/mol. The number of nitrogens with two attached hydrogens (primary N) is 1. The quantitative estimate of drug-likeness (QED) is 0.595. The molecule has 0 atom stereocenters. The molecular formula is C24H25N3O2. The highest BCUT2D eigenvalue weighted by Gasteiger charge is 2.18. The summed E-state index contributed by atoms with van der Waals surface area (Å²) in [7, 11) is 0. The van der Waals surface area contributed by atoms with Crippen LogP contribution in [0.4, 0.5) is 5.82 Å². The number of rotatable bonds is 7. The zero-order chi connectivity index (χ0) is 20.8. The number of hydrogen-bond donors (Lipinski definition) is 1. The lowest BCUT2D eigenvalue weighted by Crippen LogP contribution is -2.06. The molecule has 0 radical (unpaired) electrons. The minimum Gasteiger partial charge on any atom is -0.490 e. The average Bonchev–Trinajstić information content (AvgIpc) is 2.73. The third-order valence-corrected chi connectivity index (χ3v) is 4.41. The molecule has 5 nitrogen and oxygen atoms in total. The van der Waals surface area contributed by atoms with Crippen molar-refractivity contribution >= 4 is 5.82 Å². The van der Waals surface area contributed by atoms with E-state index < -0.39 is 0 Å². The lowest BCUT2D eigenvalue weighted by Gasteiger charge is -2.17. The van der Waals surface area contributed by atoms with Crippen molar-refractivity contribution in [3.05, 3.63) is 60.3 Å². The molecule has 0 bridgehead atoms. The van der Waals surface area contributed by atoms with E-state index in [1.807, 2.05) is 55.5 Å². The van der Waals surface area contributed by atoms with Crippen molar-refractivity contribution in [2.24, 2.45) is 5.92 Å². The molecule has 0 aliphatic heterocycles. The molecular weight excluding hydrogens is 362 g/mol. The summed E-state index contributed by atoms with van der Waals surface area (Å²) in [6.07, 6.45) is 1.71. The first-order valence-corrected chi connectivity index (χ1v) is 9.69. The van der Waals surface area contributed by atoms with Crippen LogP contribution in [0, 0.1) is 17.2 Å². The molecule has 2 aromatic carbocycles. The van der Waals surface area contributed by atoms with E-state index >= 15 is 0 Å². The molecule has 3 aromatic rings. The van der Waals surface area contributed by atoms with Gasteiger partial charge >= 0.3 is 0 Å². The Balaban J connectivity index is 2.18. The smallest absolute Gasteiger partial charge is 0.161 e. The first-order valence-electron chi connectivity index (χ1n) is 9.69. The number of nitriles is 1. The third kappa shape index (κ3) is 4.49. The van der Waals surface area contributed by atoms with Gasteiger partial charge in [0.05, 0.1) is 13.2 Å². The van der Waals surface area contributed by atoms with Gasteiger partial charge in [0.2, 0.25) is 0 Å². The fraction of sp³-hybridized carbons (Fsp3) is 0.250. The maximum absolute atomic E-state index is 9.78. The Hall–Kier alpha value is -3.52. The van der Waals surface area contributed by atoms with Crippen molar-refractivity contribution < 1.29 is 9.47 Å². The third-order valence-electron chi connectivity index (χ3n) is 4.41. The molecule has 1 aromatic heterocycles. The van der Waals surface area contributed by atoms with Crippen molar-refractivity contribution in [2.75, 3.05) is 18.9 Å². The van der Waals surface area contributed by atoms with Crippen molar-refractivity contribution in [3.63, 3.8) is 0 Å². The second-order valence-electron chi connectivity index (χ2n) is 7.08. The van der Waals surface area contributed by atoms with Gasteiger partial charge in [-0.25, -0.2) is 4.98 Å². The molecule has 0 amide bonds. The number of hydrogen-bond acceptors (Lipinski definition) is 5. The normalized spacial score (nSPS) is 10.6. The SMILES string of the molecule is CCOc1cc(-c2c(-c3ccccc3)cnc(N)c2C#N)ccc1OCC(C)C. The highest BCUT2D eigenvalue weighted by atomic mass is 16.5. The van der Waals surface area contributed by atoms with Gasteiger partial charge in [0.1, 0.15) is 17.5 Å². The summed E-state index contributed by atoms with van der Waals surface area (Å²) in [5.41, 5.74) is 9.76. The minimum absolute atomic E-state index is 0.209. The molecule has 2 N–H and O–H groups in total. The molecule has 0 spiro atoms. The zero-order valence-corrected chi connectivity index (χ0v) is 17.0. The summed E-state index contributed by atoms with van der Waals surface area (Å²) in [6.45, 7) is 7.23. The Bertz CT molecular complexity index is 1020. The largest absolute Gasteiger partial charge is 0.490 e. The lowest BCUT2D eigenvalue weighted by molar-refractivity contribution is 0.248. The predicted octanol–water partition coefficient (Wildman–Crippen LogP) is 5.30. The van der Waals surface area contributed by atoms with E-state index in [0.29, 0.717) is 36.2 Å². The van der Waals surface area contributed by atoms with Crippen LogP contribution < -0.4 is 15.2 Å². The van der Waals surface area contributed by atoms with E-state index in [1.54, 1.807) is 6.20 Å². The Morgan fingerprint density at radius 3 is 2.45 bits per heavy atom. The standard InChI is InChI=1S/C24H25N3O2/c1-4-28-22-12-18(10-11-21(22)29-15-16(2)3)23-19(13-25)24(26)27-14-20(23)17-8-6-5-7-9-17/h5-12,14,16H,4,15H2,1-3H3,(H2,26,27). The molecule has 0 aliphatic carbocycles. The van der Waals surface area contributed by atoms with Gasteiger partial charge < -0.3 is 15.2 Å². The highest BCUT2D eigenvalue weighted by Crippen LogP contribution is 2.40. The summed E-state index contributed by atoms with van der Waals surface area (Å²) in [5.74, 6) is 1.94. The van der Waals surface area contributed by atoms with Gasteiger partial charge in [-0.3, -0.25) is 0 Å². The topological polar surface area (TPSA) is 81.2 Å². The number of anilines is 1. The zero-order valence-electron chi connectivity index (χ0n) is 17.0. The van der Waals surface area contributed by atoms with Crippen LogP contribution >= 0.6 is 0 Å². The minimum atomic E-state index is 0.209. The van der Waals surface area contributed by atoms with E-state index in [-0.39, 0.29) is 5.82 Å². The fourth-order valence-electron chi connectivity index (χ4n) is 3.08. The summed E-state index contributed by atoms with van der Waals surface area (Å²) < 4.78 is 11.7. The van der Waals surface area contributed by atoms with E-state index in [1.165, 1.54) is 0 Å². The second-order valence-corrected chi connectivity index (χ2v) is 7.08. The second kappa shape index (κ2) is 9.11. The monoisotopic (exact) mass is 387 g/mol. The van der Waals surface area contributed by atoms with Crippen molar-refractivity contribution in [1.29, 1.82) is 5.26 Å². The van der Waals surface area contributed by atoms with Crippen LogP contribution in [0.5, 0.6) is 11.5 Å². The van der Waals surface area contributed by atoms with Crippen molar-refractivity contribution in [2.45, 2.75) is 20.8 Å². The highest BCUT2D eigenvalue weighted by molar-refractivity contribution is 5.90. The van der Waals surface area contributed by atoms with Gasteiger partial charge in [-0.1, -0.05) is 50.2 Å². The van der Waals surface area contributed by atoms with Gasteiger partial charge in [0, 0.05) is 17.3 Å². The van der Waals surface area contributed by atoms with Gasteiger partial charge in [-0.05, 0) is 36.1 Å². The first-order chi connectivity index (χ1) is 14.0. The number of benzene rings is 2. The van der Waals surface area contributed by atoms with Crippen molar-refractivity contribution in [3.8, 4) is 39.8 Å². The summed E-state index contributed by atoms with van der Waals surface area (Å²) in [5, 5.41) is 9.78. The summed E-state index contributed by atoms with van der Waals surface area (Å²) in [4.78, 5) is 4.24. The van der Waals surface area contributed by atoms with E-state index in [0.717, 1.165) is 22.3 Å². The first kappa shape index (κ1) is 20.2. The molecule has 0 unspecified atom stereocenters. The summed E-state index contributed by atoms with van der Waals surface area (Å²) >= 11 is 0. The maximum Gasteiger partial charge on any atom is 0.161 e. The Morgan fingerprint density at radius 1 is 1.03 bits per heavy atom. The number of pyridine rings is 1. The van der Waals surface area contributed by atoms with Crippen LogP contribution in [0.25, 0.3) is 22.3 Å². The lowest BCUT2D eigenvalue weighted by atomic mass is 9.92. The maximum atomic E-state index is 9.78. The van der Waals surface area contributed by atoms with Crippen LogP contribution in [0.15, 0.2) is 54.7 Å². The van der Waals surface area contributed by atoms with E-state index in [2.05, 4.69) is 24.9 Å². The van der Waals surface area contributed by atoms with E-state index in [9.17, 15) is 5.26 Å². The van der Waals surface area contributed by atoms with Crippen LogP contribution in [0.2, 0.25) is 0 Å². The molecule has 5 heteroatoms. The Morgan fingerprint density at radius 2 is 1.79 bits per heavy atom. The number of nitrogen functional groups attached to an aromatic ring is 1. The molecule has 0 saturated heterocycles. The molecule has 1 heterocycles. The molecule has 0 saturated carbocycles. The van der Waals surface area contributed by atoms with E-state index in [4.69, 9.17) is 15.2 Å². The van der Waals surface area contributed by atoms with Gasteiger partial charge in [0.15, 0.2) is 11.5 Å². The number of ether oxygens (including phenoxy) is 2. The molecule has 29 heavy (non-hydrogen) atoms. The average molecular weight is 387 g/mol. The van der Waals surface area contributed by atoms with Gasteiger partial charge in [-0.15, -0.1) is 0 Å². The van der Waals surface area contributed by atoms with Crippen molar-refractivity contribution in [1.82, 2.24) is 4.98 Å². The molecule has 3 rings (SSSR count). The molecule has 148 valence electrons. The van der Waals surface area contributed by atoms with Crippen LogP contribution in [0.1, 0.15) is 26.3 Å².